The molecule has 0 saturated heterocycles. The molecule has 2 aromatic rings. The molecule has 0 bridgehead atoms. The molecule has 0 aliphatic heterocycles. The van der Waals surface area contributed by atoms with Crippen LogP contribution in [0.1, 0.15) is 32.0 Å². The van der Waals surface area contributed by atoms with Crippen molar-refractivity contribution < 1.29 is 4.74 Å². The molecule has 21 heavy (non-hydrogen) atoms. The van der Waals surface area contributed by atoms with Crippen molar-refractivity contribution in [2.75, 3.05) is 6.26 Å². The van der Waals surface area contributed by atoms with E-state index in [0.717, 1.165) is 11.3 Å². The average Bonchev–Trinajstić information content (AvgIpc) is 2.44. The summed E-state index contributed by atoms with van der Waals surface area (Å²) < 4.78 is 5.86. The molecule has 0 fully saturated rings. The Balaban J connectivity index is 2.25. The zero-order valence-electron chi connectivity index (χ0n) is 12.6. The van der Waals surface area contributed by atoms with Crippen molar-refractivity contribution in [3.63, 3.8) is 0 Å². The number of halogens is 1. The van der Waals surface area contributed by atoms with Crippen LogP contribution in [0, 0.1) is 0 Å². The number of hydrogen-bond donors (Lipinski definition) is 0. The van der Waals surface area contributed by atoms with Crippen LogP contribution >= 0.6 is 23.4 Å². The maximum atomic E-state index is 5.98. The van der Waals surface area contributed by atoms with E-state index in [9.17, 15) is 0 Å². The van der Waals surface area contributed by atoms with Gasteiger partial charge >= 0.3 is 0 Å². The zero-order chi connectivity index (χ0) is 15.5. The number of rotatable bonds is 4. The molecule has 6 heteroatoms. The standard InChI is InChI=1S/C15H18ClN3OS/c1-15(2,3)12-13(17-14(21-4)19-18-12)20-9-10-6-5-7-11(16)8-10/h5-8H,9H2,1-4H3. The van der Waals surface area contributed by atoms with Gasteiger partial charge in [0.05, 0.1) is 0 Å². The van der Waals surface area contributed by atoms with Crippen LogP contribution < -0.4 is 4.74 Å². The van der Waals surface area contributed by atoms with Gasteiger partial charge in [-0.15, -0.1) is 10.2 Å². The Morgan fingerprint density at radius 3 is 2.62 bits per heavy atom. The molecule has 0 aliphatic rings. The van der Waals surface area contributed by atoms with E-state index in [2.05, 4.69) is 36.0 Å². The lowest BCUT2D eigenvalue weighted by Crippen LogP contribution is -2.18. The molecule has 112 valence electrons. The maximum Gasteiger partial charge on any atom is 0.240 e. The molecule has 1 heterocycles. The number of benzene rings is 1. The molecule has 1 aromatic carbocycles. The predicted octanol–water partition coefficient (Wildman–Crippen LogP) is 4.12. The second kappa shape index (κ2) is 6.62. The van der Waals surface area contributed by atoms with E-state index in [1.165, 1.54) is 11.8 Å². The molecule has 1 aromatic heterocycles. The summed E-state index contributed by atoms with van der Waals surface area (Å²) in [7, 11) is 0. The Labute approximate surface area is 134 Å². The molecule has 0 unspecified atom stereocenters. The number of aromatic nitrogens is 3. The van der Waals surface area contributed by atoms with Gasteiger partial charge in [-0.05, 0) is 24.0 Å². The summed E-state index contributed by atoms with van der Waals surface area (Å²) in [5, 5.41) is 9.65. The number of thioether (sulfide) groups is 1. The van der Waals surface area contributed by atoms with Crippen LogP contribution in [0.25, 0.3) is 0 Å². The summed E-state index contributed by atoms with van der Waals surface area (Å²) in [6.45, 7) is 6.58. The third kappa shape index (κ3) is 4.32. The van der Waals surface area contributed by atoms with Crippen LogP contribution in [0.4, 0.5) is 0 Å². The molecule has 0 aliphatic carbocycles. The Morgan fingerprint density at radius 2 is 2.00 bits per heavy atom. The van der Waals surface area contributed by atoms with Crippen molar-refractivity contribution in [2.24, 2.45) is 0 Å². The lowest BCUT2D eigenvalue weighted by Gasteiger charge is -2.20. The molecule has 0 saturated carbocycles. The maximum absolute atomic E-state index is 5.98. The van der Waals surface area contributed by atoms with E-state index < -0.39 is 0 Å². The van der Waals surface area contributed by atoms with Crippen LogP contribution in [0.15, 0.2) is 29.4 Å². The predicted molar refractivity (Wildman–Crippen MR) is 86.1 cm³/mol. The van der Waals surface area contributed by atoms with E-state index in [-0.39, 0.29) is 5.41 Å². The van der Waals surface area contributed by atoms with Gasteiger partial charge in [0.1, 0.15) is 12.3 Å². The normalized spacial score (nSPS) is 11.5. The van der Waals surface area contributed by atoms with E-state index in [0.29, 0.717) is 22.7 Å². The Hall–Kier alpha value is -1.33. The van der Waals surface area contributed by atoms with Crippen molar-refractivity contribution >= 4 is 23.4 Å². The van der Waals surface area contributed by atoms with Gasteiger partial charge in [-0.1, -0.05) is 56.3 Å². The highest BCUT2D eigenvalue weighted by molar-refractivity contribution is 7.98. The topological polar surface area (TPSA) is 47.9 Å². The minimum absolute atomic E-state index is 0.180. The summed E-state index contributed by atoms with van der Waals surface area (Å²) >= 11 is 7.42. The number of ether oxygens (including phenoxy) is 1. The van der Waals surface area contributed by atoms with Gasteiger partial charge in [-0.25, -0.2) is 0 Å². The fourth-order valence-corrected chi connectivity index (χ4v) is 2.24. The van der Waals surface area contributed by atoms with Gasteiger partial charge in [0.2, 0.25) is 11.0 Å². The van der Waals surface area contributed by atoms with Gasteiger partial charge < -0.3 is 4.74 Å². The molecule has 0 radical (unpaired) electrons. The monoisotopic (exact) mass is 323 g/mol. The Morgan fingerprint density at radius 1 is 1.24 bits per heavy atom. The van der Waals surface area contributed by atoms with Crippen LogP contribution in [-0.4, -0.2) is 21.4 Å². The van der Waals surface area contributed by atoms with E-state index in [1.807, 2.05) is 30.5 Å². The first kappa shape index (κ1) is 16.0. The van der Waals surface area contributed by atoms with Gasteiger partial charge in [0.25, 0.3) is 0 Å². The molecule has 2 rings (SSSR count). The van der Waals surface area contributed by atoms with Crippen molar-refractivity contribution in [1.82, 2.24) is 15.2 Å². The minimum atomic E-state index is -0.180. The first-order valence-electron chi connectivity index (χ1n) is 6.56. The summed E-state index contributed by atoms with van der Waals surface area (Å²) in [5.74, 6) is 0.529. The van der Waals surface area contributed by atoms with Crippen LogP contribution in [0.3, 0.4) is 0 Å². The quantitative estimate of drug-likeness (QED) is 0.792. The fourth-order valence-electron chi connectivity index (χ4n) is 1.73. The highest BCUT2D eigenvalue weighted by Gasteiger charge is 2.23. The largest absolute Gasteiger partial charge is 0.471 e. The second-order valence-corrected chi connectivity index (χ2v) is 6.83. The average molecular weight is 324 g/mol. The van der Waals surface area contributed by atoms with E-state index >= 15 is 0 Å². The zero-order valence-corrected chi connectivity index (χ0v) is 14.1. The first-order valence-corrected chi connectivity index (χ1v) is 8.17. The second-order valence-electron chi connectivity index (χ2n) is 5.62. The van der Waals surface area contributed by atoms with E-state index in [1.54, 1.807) is 0 Å². The molecule has 0 N–H and O–H groups in total. The molecular formula is C15H18ClN3OS. The summed E-state index contributed by atoms with van der Waals surface area (Å²) in [6.07, 6.45) is 1.91. The van der Waals surface area contributed by atoms with Crippen LogP contribution in [0.5, 0.6) is 5.88 Å². The van der Waals surface area contributed by atoms with Gasteiger partial charge in [-0.2, -0.15) is 4.98 Å². The van der Waals surface area contributed by atoms with Crippen molar-refractivity contribution in [3.8, 4) is 5.88 Å². The van der Waals surface area contributed by atoms with Crippen LogP contribution in [0.2, 0.25) is 5.02 Å². The summed E-state index contributed by atoms with van der Waals surface area (Å²) in [5.41, 5.74) is 1.56. The lowest BCUT2D eigenvalue weighted by molar-refractivity contribution is 0.276. The summed E-state index contributed by atoms with van der Waals surface area (Å²) in [4.78, 5) is 4.43. The van der Waals surface area contributed by atoms with Gasteiger partial charge in [0.15, 0.2) is 0 Å². The molecule has 4 nitrogen and oxygen atoms in total. The van der Waals surface area contributed by atoms with Crippen LogP contribution in [-0.2, 0) is 12.0 Å². The molecular weight excluding hydrogens is 306 g/mol. The van der Waals surface area contributed by atoms with Crippen molar-refractivity contribution in [1.29, 1.82) is 0 Å². The minimum Gasteiger partial charge on any atom is -0.471 e. The van der Waals surface area contributed by atoms with Crippen molar-refractivity contribution in [3.05, 3.63) is 40.5 Å². The van der Waals surface area contributed by atoms with E-state index in [4.69, 9.17) is 16.3 Å². The van der Waals surface area contributed by atoms with Gasteiger partial charge in [-0.3, -0.25) is 0 Å². The third-order valence-corrected chi connectivity index (χ3v) is 3.57. The Bertz CT molecular complexity index is 629. The molecule has 0 atom stereocenters. The summed E-state index contributed by atoms with van der Waals surface area (Å²) in [6, 6.07) is 7.58. The third-order valence-electron chi connectivity index (χ3n) is 2.79. The number of nitrogens with zero attached hydrogens (tertiary/aromatic N) is 3. The molecule has 0 amide bonds. The molecule has 0 spiro atoms. The lowest BCUT2D eigenvalue weighted by atomic mass is 9.92. The highest BCUT2D eigenvalue weighted by Crippen LogP contribution is 2.29. The Kier molecular flexibility index (Phi) is 5.06. The first-order chi connectivity index (χ1) is 9.90. The van der Waals surface area contributed by atoms with Crippen molar-refractivity contribution in [2.45, 2.75) is 37.9 Å². The number of hydrogen-bond acceptors (Lipinski definition) is 5. The fraction of sp³-hybridized carbons (Fsp3) is 0.400. The smallest absolute Gasteiger partial charge is 0.240 e. The SMILES string of the molecule is CSc1nnc(C(C)(C)C)c(OCc2cccc(Cl)c2)n1. The highest BCUT2D eigenvalue weighted by atomic mass is 35.5. The van der Waals surface area contributed by atoms with Gasteiger partial charge in [0, 0.05) is 10.4 Å².